The van der Waals surface area contributed by atoms with Gasteiger partial charge in [-0.2, -0.15) is 0 Å². The number of carbonyl (C=O) groups is 3. The van der Waals surface area contributed by atoms with Crippen molar-refractivity contribution in [2.45, 2.75) is 39.2 Å². The molecule has 0 spiro atoms. The van der Waals surface area contributed by atoms with E-state index in [1.165, 1.54) is 19.2 Å². The SMILES string of the molecule is COC(=O)Cc1ccc(C(=O)CC(=O)OC(C)(C)C)c(Cl)c1. The largest absolute Gasteiger partial charge is 0.469 e. The summed E-state index contributed by atoms with van der Waals surface area (Å²) in [5.74, 6) is -1.43. The van der Waals surface area contributed by atoms with Gasteiger partial charge in [0.25, 0.3) is 0 Å². The third kappa shape index (κ3) is 5.85. The number of hydrogen-bond donors (Lipinski definition) is 0. The zero-order valence-corrected chi connectivity index (χ0v) is 13.8. The van der Waals surface area contributed by atoms with Gasteiger partial charge in [0.05, 0.1) is 18.6 Å². The zero-order chi connectivity index (χ0) is 16.9. The molecule has 0 atom stereocenters. The average Bonchev–Trinajstić information content (AvgIpc) is 2.35. The lowest BCUT2D eigenvalue weighted by Crippen LogP contribution is -2.25. The van der Waals surface area contributed by atoms with Crippen LogP contribution in [0.5, 0.6) is 0 Å². The lowest BCUT2D eigenvalue weighted by Gasteiger charge is -2.19. The van der Waals surface area contributed by atoms with Crippen LogP contribution in [-0.4, -0.2) is 30.4 Å². The number of esters is 2. The van der Waals surface area contributed by atoms with Gasteiger partial charge in [-0.25, -0.2) is 0 Å². The van der Waals surface area contributed by atoms with Crippen LogP contribution in [0.1, 0.15) is 43.1 Å². The van der Waals surface area contributed by atoms with Crippen molar-refractivity contribution in [3.63, 3.8) is 0 Å². The molecule has 5 nitrogen and oxygen atoms in total. The molecule has 0 saturated heterocycles. The molecule has 120 valence electrons. The maximum absolute atomic E-state index is 12.1. The third-order valence-electron chi connectivity index (χ3n) is 2.63. The van der Waals surface area contributed by atoms with Gasteiger partial charge in [0, 0.05) is 5.56 Å². The van der Waals surface area contributed by atoms with Crippen molar-refractivity contribution in [2.75, 3.05) is 7.11 Å². The fourth-order valence-electron chi connectivity index (χ4n) is 1.74. The highest BCUT2D eigenvalue weighted by Crippen LogP contribution is 2.21. The van der Waals surface area contributed by atoms with Gasteiger partial charge in [0.1, 0.15) is 12.0 Å². The topological polar surface area (TPSA) is 69.7 Å². The Morgan fingerprint density at radius 3 is 2.27 bits per heavy atom. The Kier molecular flexibility index (Phi) is 6.11. The minimum absolute atomic E-state index is 0.0662. The van der Waals surface area contributed by atoms with E-state index in [9.17, 15) is 14.4 Å². The second-order valence-electron chi connectivity index (χ2n) is 5.75. The van der Waals surface area contributed by atoms with Gasteiger partial charge >= 0.3 is 11.9 Å². The molecule has 0 aliphatic rings. The van der Waals surface area contributed by atoms with E-state index >= 15 is 0 Å². The summed E-state index contributed by atoms with van der Waals surface area (Å²) >= 11 is 6.04. The Bertz CT molecular complexity index is 587. The van der Waals surface area contributed by atoms with Gasteiger partial charge in [-0.3, -0.25) is 14.4 Å². The molecule has 0 aromatic heterocycles. The summed E-state index contributed by atoms with van der Waals surface area (Å²) in [6.45, 7) is 5.18. The number of ether oxygens (including phenoxy) is 2. The zero-order valence-electron chi connectivity index (χ0n) is 13.1. The molecule has 1 aromatic carbocycles. The lowest BCUT2D eigenvalue weighted by atomic mass is 10.0. The second-order valence-corrected chi connectivity index (χ2v) is 6.16. The molecular formula is C16H19ClO5. The Morgan fingerprint density at radius 1 is 1.14 bits per heavy atom. The highest BCUT2D eigenvalue weighted by Gasteiger charge is 2.21. The standard InChI is InChI=1S/C16H19ClO5/c1-16(2,3)22-15(20)9-13(18)11-6-5-10(7-12(11)17)8-14(19)21-4/h5-7H,8-9H2,1-4H3. The van der Waals surface area contributed by atoms with Gasteiger partial charge in [0.2, 0.25) is 0 Å². The summed E-state index contributed by atoms with van der Waals surface area (Å²) < 4.78 is 9.66. The molecule has 1 rings (SSSR count). The fourth-order valence-corrected chi connectivity index (χ4v) is 2.05. The molecule has 22 heavy (non-hydrogen) atoms. The van der Waals surface area contributed by atoms with Crippen LogP contribution in [0, 0.1) is 0 Å². The maximum atomic E-state index is 12.1. The molecule has 0 saturated carbocycles. The highest BCUT2D eigenvalue weighted by atomic mass is 35.5. The predicted molar refractivity (Wildman–Crippen MR) is 82.0 cm³/mol. The number of Topliss-reactive ketones (excluding diaryl/α,β-unsaturated/α-hetero) is 1. The van der Waals surface area contributed by atoms with Crippen molar-refractivity contribution in [3.05, 3.63) is 34.3 Å². The second kappa shape index (κ2) is 7.40. The van der Waals surface area contributed by atoms with E-state index in [-0.39, 0.29) is 23.4 Å². The van der Waals surface area contributed by atoms with Crippen molar-refractivity contribution in [1.29, 1.82) is 0 Å². The first-order chi connectivity index (χ1) is 10.1. The first-order valence-electron chi connectivity index (χ1n) is 6.72. The van der Waals surface area contributed by atoms with Crippen LogP contribution in [0.4, 0.5) is 0 Å². The summed E-state index contributed by atoms with van der Waals surface area (Å²) in [6.07, 6.45) is -0.315. The molecule has 0 amide bonds. The summed E-state index contributed by atoms with van der Waals surface area (Å²) in [5, 5.41) is 0.190. The summed E-state index contributed by atoms with van der Waals surface area (Å²) in [4.78, 5) is 34.9. The Morgan fingerprint density at radius 2 is 1.77 bits per heavy atom. The van der Waals surface area contributed by atoms with Crippen LogP contribution in [-0.2, 0) is 25.5 Å². The average molecular weight is 327 g/mol. The third-order valence-corrected chi connectivity index (χ3v) is 2.95. The van der Waals surface area contributed by atoms with Gasteiger partial charge in [-0.05, 0) is 38.5 Å². The van der Waals surface area contributed by atoms with Crippen LogP contribution in [0.15, 0.2) is 18.2 Å². The van der Waals surface area contributed by atoms with Crippen LogP contribution in [0.25, 0.3) is 0 Å². The molecule has 0 N–H and O–H groups in total. The van der Waals surface area contributed by atoms with E-state index in [1.54, 1.807) is 26.8 Å². The molecule has 0 aliphatic carbocycles. The molecule has 0 bridgehead atoms. The van der Waals surface area contributed by atoms with Gasteiger partial charge in [0.15, 0.2) is 5.78 Å². The fraction of sp³-hybridized carbons (Fsp3) is 0.438. The normalized spacial score (nSPS) is 11.0. The van der Waals surface area contributed by atoms with Crippen molar-refractivity contribution in [2.24, 2.45) is 0 Å². The van der Waals surface area contributed by atoms with Crippen molar-refractivity contribution < 1.29 is 23.9 Å². The smallest absolute Gasteiger partial charge is 0.314 e. The molecule has 0 unspecified atom stereocenters. The molecule has 6 heteroatoms. The quantitative estimate of drug-likeness (QED) is 0.472. The molecule has 0 aliphatic heterocycles. The minimum atomic E-state index is -0.647. The summed E-state index contributed by atoms with van der Waals surface area (Å²) in [7, 11) is 1.29. The van der Waals surface area contributed by atoms with E-state index in [1.807, 2.05) is 0 Å². The molecular weight excluding hydrogens is 308 g/mol. The van der Waals surface area contributed by atoms with Crippen molar-refractivity contribution in [3.8, 4) is 0 Å². The van der Waals surface area contributed by atoms with E-state index < -0.39 is 23.3 Å². The first-order valence-corrected chi connectivity index (χ1v) is 7.10. The number of ketones is 1. The van der Waals surface area contributed by atoms with Gasteiger partial charge < -0.3 is 9.47 Å². The molecule has 0 heterocycles. The van der Waals surface area contributed by atoms with E-state index in [0.717, 1.165) is 0 Å². The monoisotopic (exact) mass is 326 g/mol. The lowest BCUT2D eigenvalue weighted by molar-refractivity contribution is -0.153. The van der Waals surface area contributed by atoms with Crippen molar-refractivity contribution >= 4 is 29.3 Å². The van der Waals surface area contributed by atoms with Crippen molar-refractivity contribution in [1.82, 2.24) is 0 Å². The number of hydrogen-bond acceptors (Lipinski definition) is 5. The van der Waals surface area contributed by atoms with E-state index in [0.29, 0.717) is 5.56 Å². The van der Waals surface area contributed by atoms with E-state index in [2.05, 4.69) is 4.74 Å². The predicted octanol–water partition coefficient (Wildman–Crippen LogP) is 2.97. The highest BCUT2D eigenvalue weighted by molar-refractivity contribution is 6.34. The van der Waals surface area contributed by atoms with Gasteiger partial charge in [-0.1, -0.05) is 17.7 Å². The van der Waals surface area contributed by atoms with Crippen LogP contribution < -0.4 is 0 Å². The number of rotatable bonds is 5. The summed E-state index contributed by atoms with van der Waals surface area (Å²) in [5.41, 5.74) is 0.206. The summed E-state index contributed by atoms with van der Waals surface area (Å²) in [6, 6.07) is 4.61. The maximum Gasteiger partial charge on any atom is 0.314 e. The van der Waals surface area contributed by atoms with Crippen LogP contribution in [0.2, 0.25) is 5.02 Å². The molecule has 1 aromatic rings. The number of halogens is 1. The Hall–Kier alpha value is -1.88. The molecule has 0 radical (unpaired) electrons. The minimum Gasteiger partial charge on any atom is -0.469 e. The number of methoxy groups -OCH3 is 1. The Labute approximate surface area is 134 Å². The first kappa shape index (κ1) is 18.2. The van der Waals surface area contributed by atoms with Crippen LogP contribution in [0.3, 0.4) is 0 Å². The molecule has 0 fully saturated rings. The van der Waals surface area contributed by atoms with E-state index in [4.69, 9.17) is 16.3 Å². The number of carbonyl (C=O) groups excluding carboxylic acids is 3. The van der Waals surface area contributed by atoms with Crippen LogP contribution >= 0.6 is 11.6 Å². The van der Waals surface area contributed by atoms with Gasteiger partial charge in [-0.15, -0.1) is 0 Å². The Balaban J connectivity index is 2.78. The number of benzene rings is 1.